The molecule has 0 aliphatic rings. The monoisotopic (exact) mass is 448 g/mol. The van der Waals surface area contributed by atoms with Crippen molar-refractivity contribution in [2.24, 2.45) is 4.99 Å². The van der Waals surface area contributed by atoms with E-state index in [0.29, 0.717) is 42.5 Å². The number of halogens is 2. The van der Waals surface area contributed by atoms with Crippen LogP contribution in [0.1, 0.15) is 41.8 Å². The van der Waals surface area contributed by atoms with E-state index in [0.717, 1.165) is 12.0 Å². The minimum Gasteiger partial charge on any atom is -0.493 e. The Balaban J connectivity index is 2.11. The van der Waals surface area contributed by atoms with E-state index >= 15 is 0 Å². The third-order valence-corrected chi connectivity index (χ3v) is 4.35. The molecule has 0 unspecified atom stereocenters. The number of amides is 1. The van der Waals surface area contributed by atoms with E-state index in [1.807, 2.05) is 19.9 Å². The second-order valence-corrected chi connectivity index (χ2v) is 6.82. The maximum absolute atomic E-state index is 12.9. The van der Waals surface area contributed by atoms with Crippen LogP contribution in [0.2, 0.25) is 0 Å². The van der Waals surface area contributed by atoms with E-state index in [9.17, 15) is 13.6 Å². The summed E-state index contributed by atoms with van der Waals surface area (Å²) >= 11 is 0. The van der Waals surface area contributed by atoms with Gasteiger partial charge in [0.05, 0.1) is 13.2 Å². The molecule has 2 aromatic carbocycles. The molecule has 0 saturated heterocycles. The Bertz CT molecular complexity index is 907. The fourth-order valence-electron chi connectivity index (χ4n) is 2.84. The van der Waals surface area contributed by atoms with Crippen LogP contribution in [0.4, 0.5) is 8.78 Å². The normalized spacial score (nSPS) is 11.2. The van der Waals surface area contributed by atoms with Gasteiger partial charge in [0.2, 0.25) is 0 Å². The summed E-state index contributed by atoms with van der Waals surface area (Å²) in [5.74, 6) is 0.865. The molecule has 32 heavy (non-hydrogen) atoms. The molecule has 0 heterocycles. The molecule has 0 bridgehead atoms. The molecule has 0 atom stereocenters. The van der Waals surface area contributed by atoms with Crippen LogP contribution in [0.5, 0.6) is 11.5 Å². The van der Waals surface area contributed by atoms with Gasteiger partial charge < -0.3 is 25.4 Å². The number of aliphatic imine (C=N–C) groups is 1. The van der Waals surface area contributed by atoms with Crippen LogP contribution < -0.4 is 25.4 Å². The quantitative estimate of drug-likeness (QED) is 0.361. The summed E-state index contributed by atoms with van der Waals surface area (Å²) in [6.45, 7) is 2.62. The van der Waals surface area contributed by atoms with E-state index < -0.39 is 6.61 Å². The number of hydrogen-bond acceptors (Lipinski definition) is 4. The predicted molar refractivity (Wildman–Crippen MR) is 120 cm³/mol. The molecule has 7 nitrogen and oxygen atoms in total. The second-order valence-electron chi connectivity index (χ2n) is 6.82. The molecule has 3 N–H and O–H groups in total. The fourth-order valence-corrected chi connectivity index (χ4v) is 2.84. The zero-order valence-corrected chi connectivity index (χ0v) is 18.6. The zero-order valence-electron chi connectivity index (χ0n) is 18.6. The Hall–Kier alpha value is -3.36. The minimum absolute atomic E-state index is 0.0511. The van der Waals surface area contributed by atoms with Crippen LogP contribution >= 0.6 is 0 Å². The first kappa shape index (κ1) is 24.9. The third kappa shape index (κ3) is 8.05. The van der Waals surface area contributed by atoms with Crippen molar-refractivity contribution in [2.45, 2.75) is 40.0 Å². The number of carbonyl (C=O) groups is 1. The van der Waals surface area contributed by atoms with Crippen LogP contribution in [0.15, 0.2) is 47.5 Å². The Labute approximate surface area is 187 Å². The molecule has 2 rings (SSSR count). The van der Waals surface area contributed by atoms with Crippen molar-refractivity contribution in [1.29, 1.82) is 0 Å². The smallest absolute Gasteiger partial charge is 0.387 e. The molecule has 0 spiro atoms. The Kier molecular flexibility index (Phi) is 10.2. The van der Waals surface area contributed by atoms with Crippen molar-refractivity contribution >= 4 is 11.9 Å². The van der Waals surface area contributed by atoms with Crippen molar-refractivity contribution in [3.63, 3.8) is 0 Å². The van der Waals surface area contributed by atoms with Gasteiger partial charge in [0.15, 0.2) is 5.96 Å². The number of nitrogens with zero attached hydrogens (tertiary/aromatic N) is 1. The van der Waals surface area contributed by atoms with E-state index in [-0.39, 0.29) is 18.2 Å². The Morgan fingerprint density at radius 3 is 2.62 bits per heavy atom. The summed E-state index contributed by atoms with van der Waals surface area (Å²) in [6, 6.07) is 12.1. The molecule has 0 aliphatic carbocycles. The summed E-state index contributed by atoms with van der Waals surface area (Å²) in [5.41, 5.74) is 1.96. The standard InChI is InChI=1S/C23H30F2N4O3/c1-4-11-31-19-10-9-18(20(13-19)32-22(24)25)15-29-23(27-5-2)28-14-16-7-6-8-17(12-16)21(30)26-3/h6-10,12-13,22H,4-5,11,14-15H2,1-3H3,(H,26,30)(H2,27,28,29). The van der Waals surface area contributed by atoms with Gasteiger partial charge in [0, 0.05) is 37.3 Å². The van der Waals surface area contributed by atoms with Crippen LogP contribution in [0.25, 0.3) is 0 Å². The number of ether oxygens (including phenoxy) is 2. The molecule has 9 heteroatoms. The van der Waals surface area contributed by atoms with Gasteiger partial charge in [0.1, 0.15) is 11.5 Å². The maximum Gasteiger partial charge on any atom is 0.387 e. The first-order chi connectivity index (χ1) is 15.5. The second kappa shape index (κ2) is 13.1. The molecule has 0 aliphatic heterocycles. The molecule has 2 aromatic rings. The molecule has 0 fully saturated rings. The lowest BCUT2D eigenvalue weighted by atomic mass is 10.1. The zero-order chi connectivity index (χ0) is 23.3. The van der Waals surface area contributed by atoms with Gasteiger partial charge in [0.25, 0.3) is 5.91 Å². The molecular weight excluding hydrogens is 418 g/mol. The average molecular weight is 449 g/mol. The summed E-state index contributed by atoms with van der Waals surface area (Å²) in [6.07, 6.45) is 0.808. The third-order valence-electron chi connectivity index (χ3n) is 4.35. The average Bonchev–Trinajstić information content (AvgIpc) is 2.79. The van der Waals surface area contributed by atoms with Crippen molar-refractivity contribution in [1.82, 2.24) is 16.0 Å². The topological polar surface area (TPSA) is 84.0 Å². The highest BCUT2D eigenvalue weighted by Crippen LogP contribution is 2.26. The number of alkyl halides is 2. The maximum atomic E-state index is 12.9. The largest absolute Gasteiger partial charge is 0.493 e. The summed E-state index contributed by atoms with van der Waals surface area (Å²) in [7, 11) is 1.58. The summed E-state index contributed by atoms with van der Waals surface area (Å²) in [4.78, 5) is 16.3. The first-order valence-corrected chi connectivity index (χ1v) is 10.5. The molecule has 174 valence electrons. The van der Waals surface area contributed by atoms with Gasteiger partial charge in [-0.15, -0.1) is 0 Å². The van der Waals surface area contributed by atoms with Crippen molar-refractivity contribution in [2.75, 3.05) is 20.2 Å². The molecule has 0 radical (unpaired) electrons. The van der Waals surface area contributed by atoms with Gasteiger partial charge >= 0.3 is 6.61 Å². The van der Waals surface area contributed by atoms with Crippen molar-refractivity contribution in [3.05, 3.63) is 59.2 Å². The highest BCUT2D eigenvalue weighted by Gasteiger charge is 2.12. The Morgan fingerprint density at radius 2 is 1.94 bits per heavy atom. The van der Waals surface area contributed by atoms with Crippen LogP contribution in [0, 0.1) is 0 Å². The van der Waals surface area contributed by atoms with E-state index in [2.05, 4.69) is 25.7 Å². The van der Waals surface area contributed by atoms with Crippen molar-refractivity contribution < 1.29 is 23.0 Å². The first-order valence-electron chi connectivity index (χ1n) is 10.5. The SMILES string of the molecule is CCCOc1ccc(CNC(=NCc2cccc(C(=O)NC)c2)NCC)c(OC(F)F)c1. The van der Waals surface area contributed by atoms with Gasteiger partial charge in [-0.1, -0.05) is 19.1 Å². The summed E-state index contributed by atoms with van der Waals surface area (Å²) in [5, 5.41) is 8.84. The van der Waals surface area contributed by atoms with Gasteiger partial charge in [-0.05, 0) is 43.2 Å². The predicted octanol–water partition coefficient (Wildman–Crippen LogP) is 3.69. The highest BCUT2D eigenvalue weighted by atomic mass is 19.3. The lowest BCUT2D eigenvalue weighted by Crippen LogP contribution is -2.36. The van der Waals surface area contributed by atoms with Crippen LogP contribution in [-0.4, -0.2) is 38.7 Å². The fraction of sp³-hybridized carbons (Fsp3) is 0.391. The number of nitrogens with one attached hydrogen (secondary N) is 3. The van der Waals surface area contributed by atoms with Crippen LogP contribution in [-0.2, 0) is 13.1 Å². The van der Waals surface area contributed by atoms with Gasteiger partial charge in [-0.2, -0.15) is 8.78 Å². The number of benzene rings is 2. The van der Waals surface area contributed by atoms with Crippen molar-refractivity contribution in [3.8, 4) is 11.5 Å². The lowest BCUT2D eigenvalue weighted by Gasteiger charge is -2.16. The molecule has 0 aromatic heterocycles. The Morgan fingerprint density at radius 1 is 1.12 bits per heavy atom. The van der Waals surface area contributed by atoms with E-state index in [1.54, 1.807) is 37.4 Å². The molecular formula is C23H30F2N4O3. The number of rotatable bonds is 11. The lowest BCUT2D eigenvalue weighted by molar-refractivity contribution is -0.0505. The number of carbonyl (C=O) groups excluding carboxylic acids is 1. The van der Waals surface area contributed by atoms with Crippen LogP contribution in [0.3, 0.4) is 0 Å². The van der Waals surface area contributed by atoms with Gasteiger partial charge in [-0.3, -0.25) is 4.79 Å². The number of guanidine groups is 1. The summed E-state index contributed by atoms with van der Waals surface area (Å²) < 4.78 is 35.9. The van der Waals surface area contributed by atoms with E-state index in [1.165, 1.54) is 6.07 Å². The van der Waals surface area contributed by atoms with E-state index in [4.69, 9.17) is 4.74 Å². The highest BCUT2D eigenvalue weighted by molar-refractivity contribution is 5.94. The minimum atomic E-state index is -2.94. The molecule has 1 amide bonds. The number of hydrogen-bond donors (Lipinski definition) is 3. The van der Waals surface area contributed by atoms with Gasteiger partial charge in [-0.25, -0.2) is 4.99 Å². The molecule has 0 saturated carbocycles.